The molecule has 0 saturated heterocycles. The second-order valence-corrected chi connectivity index (χ2v) is 14.1. The number of fused-ring (bicyclic) bond motifs is 2. The van der Waals surface area contributed by atoms with Gasteiger partial charge in [0, 0.05) is 32.1 Å². The van der Waals surface area contributed by atoms with Crippen LogP contribution in [0, 0.1) is 59.4 Å². The molecule has 0 amide bonds. The van der Waals surface area contributed by atoms with Gasteiger partial charge in [-0.25, -0.2) is 0 Å². The van der Waals surface area contributed by atoms with E-state index in [2.05, 4.69) is 212 Å². The van der Waals surface area contributed by atoms with E-state index >= 15 is 0 Å². The summed E-state index contributed by atoms with van der Waals surface area (Å²) in [6, 6.07) is 58.4. The van der Waals surface area contributed by atoms with Crippen molar-refractivity contribution in [2.75, 3.05) is 0 Å². The molecule has 59 heavy (non-hydrogen) atoms. The number of hydrogen-bond acceptors (Lipinski definition) is 3. The molecule has 0 aliphatic heterocycles. The molecule has 1 radical (unpaired) electrons. The van der Waals surface area contributed by atoms with Crippen LogP contribution in [0.25, 0.3) is 56.3 Å². The van der Waals surface area contributed by atoms with Crippen molar-refractivity contribution in [3.63, 3.8) is 0 Å². The average Bonchev–Trinajstić information content (AvgIpc) is 3.99. The van der Waals surface area contributed by atoms with Crippen molar-refractivity contribution in [2.24, 2.45) is 0 Å². The number of rotatable bonds is 5. The fourth-order valence-electron chi connectivity index (χ4n) is 6.44. The van der Waals surface area contributed by atoms with Crippen LogP contribution in [0.2, 0.25) is 0 Å². The Labute approximate surface area is 358 Å². The largest absolute Gasteiger partial charge is 0.421 e. The van der Waals surface area contributed by atoms with Gasteiger partial charge in [0.25, 0.3) is 12.7 Å². The van der Waals surface area contributed by atoms with Crippen LogP contribution in [0.1, 0.15) is 28.1 Å². The third-order valence-electron chi connectivity index (χ3n) is 9.55. The summed E-state index contributed by atoms with van der Waals surface area (Å²) in [6.07, 6.45) is 8.64. The van der Waals surface area contributed by atoms with Crippen LogP contribution in [0.5, 0.6) is 0 Å². The van der Waals surface area contributed by atoms with Crippen molar-refractivity contribution in [1.82, 2.24) is 29.3 Å². The van der Waals surface area contributed by atoms with E-state index in [1.807, 2.05) is 30.3 Å². The van der Waals surface area contributed by atoms with E-state index in [4.69, 9.17) is 0 Å². The van der Waals surface area contributed by atoms with Crippen molar-refractivity contribution in [3.05, 3.63) is 211 Å². The molecule has 9 heteroatoms. The van der Waals surface area contributed by atoms with Gasteiger partial charge in [-0.3, -0.25) is 19.2 Å². The Balaban J connectivity index is 0.000000140. The van der Waals surface area contributed by atoms with Gasteiger partial charge in [0.1, 0.15) is 0 Å². The van der Waals surface area contributed by atoms with E-state index in [0.29, 0.717) is 11.6 Å². The number of hydrogen-bond donors (Lipinski definition) is 0. The van der Waals surface area contributed by atoms with Gasteiger partial charge >= 0.3 is 0 Å². The molecule has 0 atom stereocenters. The third-order valence-corrected chi connectivity index (χ3v) is 9.55. The van der Waals surface area contributed by atoms with Crippen molar-refractivity contribution < 1.29 is 29.2 Å². The van der Waals surface area contributed by atoms with Gasteiger partial charge in [0.15, 0.2) is 0 Å². The molecule has 0 aliphatic carbocycles. The van der Waals surface area contributed by atoms with Gasteiger partial charge in [-0.2, -0.15) is 59.7 Å². The van der Waals surface area contributed by atoms with Crippen molar-refractivity contribution in [2.45, 2.75) is 34.6 Å². The monoisotopic (exact) mass is 946 g/mol. The standard InChI is InChI=1S/2C21H17N2.C8H7N4.Ir/c2*1-16-7-11-18(12-8-16)22-15-23(19-13-9-17(2)10-14-19)21-6-4-3-5-20(21)22;1-6-10-8(12-11-6)7-4-2-3-5-9-7;/h2*3-13H,1-2H3;2-5H,1H3;/q3*-1;. The van der Waals surface area contributed by atoms with E-state index in [1.54, 1.807) is 13.1 Å². The first kappa shape index (κ1) is 40.4. The van der Waals surface area contributed by atoms with Crippen LogP contribution >= 0.6 is 0 Å². The summed E-state index contributed by atoms with van der Waals surface area (Å²) in [6.45, 7) is 10.2. The Hall–Kier alpha value is -6.80. The van der Waals surface area contributed by atoms with Crippen LogP contribution in [0.4, 0.5) is 0 Å². The molecule has 0 fully saturated rings. The minimum atomic E-state index is 0. The fourth-order valence-corrected chi connectivity index (χ4v) is 6.44. The van der Waals surface area contributed by atoms with Crippen LogP contribution in [-0.4, -0.2) is 24.2 Å². The van der Waals surface area contributed by atoms with Crippen LogP contribution in [-0.2, 0) is 20.1 Å². The maximum absolute atomic E-state index is 4.10. The smallest absolute Gasteiger partial charge is 0.268 e. The van der Waals surface area contributed by atoms with E-state index in [0.717, 1.165) is 50.5 Å². The molecule has 8 nitrogen and oxygen atoms in total. The number of pyridine rings is 1. The SMILES string of the molecule is Cc1c[c-]c(-n2[c-][n+](-c3ccc(C)cc3)c3ccccc32)cc1.Cc1c[c-]c(-n2[c-][n+](-c3ccc(C)cc3)c3ccccc32)cc1.Cc1n[n-]c(-c2ccccn2)n1.[Ir]. The van der Waals surface area contributed by atoms with Crippen molar-refractivity contribution in [1.29, 1.82) is 0 Å². The van der Waals surface area contributed by atoms with Gasteiger partial charge in [-0.1, -0.05) is 104 Å². The Morgan fingerprint density at radius 2 is 0.966 bits per heavy atom. The quantitative estimate of drug-likeness (QED) is 0.128. The maximum Gasteiger partial charge on any atom is 0.268 e. The third kappa shape index (κ3) is 9.18. The first-order valence-electron chi connectivity index (χ1n) is 19.1. The zero-order valence-corrected chi connectivity index (χ0v) is 35.8. The fraction of sp³-hybridized carbons (Fsp3) is 0.100. The molecule has 0 unspecified atom stereocenters. The number of para-hydroxylation sites is 4. The molecule has 293 valence electrons. The average molecular weight is 946 g/mol. The summed E-state index contributed by atoms with van der Waals surface area (Å²) >= 11 is 0. The van der Waals surface area contributed by atoms with Gasteiger partial charge in [-0.15, -0.1) is 0 Å². The number of imidazole rings is 2. The second kappa shape index (κ2) is 18.2. The number of nitrogens with zero attached hydrogens (tertiary/aromatic N) is 8. The molecule has 0 N–H and O–H groups in total. The Bertz CT molecular complexity index is 2590. The van der Waals surface area contributed by atoms with E-state index in [9.17, 15) is 0 Å². The number of aromatic nitrogens is 8. The van der Waals surface area contributed by atoms with E-state index < -0.39 is 0 Å². The van der Waals surface area contributed by atoms with E-state index in [-0.39, 0.29) is 20.1 Å². The Kier molecular flexibility index (Phi) is 12.5. The van der Waals surface area contributed by atoms with Gasteiger partial charge in [-0.05, 0) is 74.4 Å². The molecule has 0 spiro atoms. The zero-order chi connectivity index (χ0) is 40.0. The topological polar surface area (TPSA) is 70.4 Å². The minimum absolute atomic E-state index is 0. The van der Waals surface area contributed by atoms with Gasteiger partial charge in [0.05, 0.1) is 39.1 Å². The second-order valence-electron chi connectivity index (χ2n) is 14.1. The minimum Gasteiger partial charge on any atom is -0.421 e. The zero-order valence-electron chi connectivity index (χ0n) is 33.4. The Morgan fingerprint density at radius 3 is 1.37 bits per heavy atom. The summed E-state index contributed by atoms with van der Waals surface area (Å²) in [5, 5.41) is 7.65. The predicted octanol–water partition coefficient (Wildman–Crippen LogP) is 9.05. The van der Waals surface area contributed by atoms with Crippen molar-refractivity contribution >= 4 is 22.1 Å². The molecule has 4 aromatic heterocycles. The summed E-state index contributed by atoms with van der Waals surface area (Å²) in [4.78, 5) is 8.19. The summed E-state index contributed by atoms with van der Waals surface area (Å²) in [7, 11) is 0. The van der Waals surface area contributed by atoms with Gasteiger partial charge in [0.2, 0.25) is 0 Å². The molecule has 10 aromatic rings. The van der Waals surface area contributed by atoms with Crippen LogP contribution < -0.4 is 14.2 Å². The first-order valence-corrected chi connectivity index (χ1v) is 19.1. The maximum atomic E-state index is 4.10. The molecule has 0 saturated carbocycles. The summed E-state index contributed by atoms with van der Waals surface area (Å²) in [5.41, 5.74) is 14.4. The normalized spacial score (nSPS) is 10.7. The summed E-state index contributed by atoms with van der Waals surface area (Å²) in [5.74, 6) is 1.27. The first-order chi connectivity index (χ1) is 28.3. The Morgan fingerprint density at radius 1 is 0.508 bits per heavy atom. The molecule has 6 aromatic carbocycles. The summed E-state index contributed by atoms with van der Waals surface area (Å²) < 4.78 is 8.33. The molecular weight excluding hydrogens is 905 g/mol. The molecule has 0 bridgehead atoms. The molecular formula is C50H41IrN8-3. The molecule has 10 rings (SSSR count). The van der Waals surface area contributed by atoms with Crippen LogP contribution in [0.3, 0.4) is 0 Å². The molecule has 4 heterocycles. The molecule has 0 aliphatic rings. The predicted molar refractivity (Wildman–Crippen MR) is 227 cm³/mol. The van der Waals surface area contributed by atoms with Crippen molar-refractivity contribution in [3.8, 4) is 34.3 Å². The van der Waals surface area contributed by atoms with Crippen LogP contribution in [0.15, 0.2) is 158 Å². The van der Waals surface area contributed by atoms with Gasteiger partial charge < -0.3 is 19.2 Å². The number of aryl methyl sites for hydroxylation is 5. The number of benzene rings is 6. The van der Waals surface area contributed by atoms with E-state index in [1.165, 1.54) is 22.3 Å².